The zero-order chi connectivity index (χ0) is 19.1. The van der Waals surface area contributed by atoms with E-state index in [9.17, 15) is 9.59 Å². The molecule has 1 saturated carbocycles. The quantitative estimate of drug-likeness (QED) is 0.774. The number of aryl methyl sites for hydroxylation is 1. The average molecular weight is 365 g/mol. The molecule has 0 atom stereocenters. The third-order valence-corrected chi connectivity index (χ3v) is 5.07. The van der Waals surface area contributed by atoms with Crippen LogP contribution in [0.5, 0.6) is 0 Å². The van der Waals surface area contributed by atoms with E-state index in [0.717, 1.165) is 32.1 Å². The van der Waals surface area contributed by atoms with Gasteiger partial charge in [-0.25, -0.2) is 0 Å². The van der Waals surface area contributed by atoms with E-state index in [4.69, 9.17) is 0 Å². The first-order valence-electron chi connectivity index (χ1n) is 9.83. The number of benzene rings is 1. The molecule has 2 aromatic rings. The highest BCUT2D eigenvalue weighted by Crippen LogP contribution is 2.18. The van der Waals surface area contributed by atoms with E-state index in [2.05, 4.69) is 22.5 Å². The van der Waals surface area contributed by atoms with Crippen LogP contribution in [-0.2, 0) is 6.42 Å². The minimum atomic E-state index is -0.316. The first kappa shape index (κ1) is 19.1. The molecule has 1 aromatic carbocycles. The van der Waals surface area contributed by atoms with Gasteiger partial charge in [0.05, 0.1) is 0 Å². The van der Waals surface area contributed by atoms with E-state index < -0.39 is 0 Å². The van der Waals surface area contributed by atoms with Crippen molar-refractivity contribution >= 4 is 17.5 Å². The number of carbonyl (C=O) groups is 2. The van der Waals surface area contributed by atoms with Crippen LogP contribution in [-0.4, -0.2) is 22.8 Å². The number of rotatable bonds is 5. The lowest BCUT2D eigenvalue weighted by atomic mass is 10.1. The van der Waals surface area contributed by atoms with Gasteiger partial charge in [-0.3, -0.25) is 14.6 Å². The van der Waals surface area contributed by atoms with E-state index in [0.29, 0.717) is 11.3 Å². The fourth-order valence-electron chi connectivity index (χ4n) is 3.41. The van der Waals surface area contributed by atoms with Crippen LogP contribution < -0.4 is 10.6 Å². The molecule has 1 heterocycles. The Morgan fingerprint density at radius 1 is 1.00 bits per heavy atom. The number of carbonyl (C=O) groups excluding carboxylic acids is 2. The summed E-state index contributed by atoms with van der Waals surface area (Å²) in [5.74, 6) is -0.450. The van der Waals surface area contributed by atoms with Crippen LogP contribution in [0.3, 0.4) is 0 Å². The Morgan fingerprint density at radius 2 is 1.70 bits per heavy atom. The molecule has 1 aromatic heterocycles. The van der Waals surface area contributed by atoms with Crippen molar-refractivity contribution in [1.82, 2.24) is 10.3 Å². The number of amides is 2. The molecule has 1 aliphatic rings. The van der Waals surface area contributed by atoms with Crippen molar-refractivity contribution in [2.75, 3.05) is 5.32 Å². The molecule has 3 rings (SSSR count). The van der Waals surface area contributed by atoms with Crippen molar-refractivity contribution in [2.45, 2.75) is 57.9 Å². The summed E-state index contributed by atoms with van der Waals surface area (Å²) in [6, 6.07) is 11.2. The summed E-state index contributed by atoms with van der Waals surface area (Å²) in [6.07, 6.45) is 9.31. The molecule has 0 spiro atoms. The summed E-state index contributed by atoms with van der Waals surface area (Å²) >= 11 is 0. The minimum absolute atomic E-state index is 0.134. The topological polar surface area (TPSA) is 71.1 Å². The number of nitrogens with zero attached hydrogens (tertiary/aromatic N) is 1. The predicted octanol–water partition coefficient (Wildman–Crippen LogP) is 4.35. The average Bonchev–Trinajstić information content (AvgIpc) is 2.97. The molecule has 142 valence electrons. The Balaban J connectivity index is 1.64. The van der Waals surface area contributed by atoms with Gasteiger partial charge in [0.15, 0.2) is 0 Å². The Hall–Kier alpha value is -2.69. The van der Waals surface area contributed by atoms with Crippen LogP contribution in [0.1, 0.15) is 71.9 Å². The molecule has 0 radical (unpaired) electrons. The molecular weight excluding hydrogens is 338 g/mol. The van der Waals surface area contributed by atoms with Gasteiger partial charge in [0, 0.05) is 23.5 Å². The molecule has 5 heteroatoms. The predicted molar refractivity (Wildman–Crippen MR) is 107 cm³/mol. The second kappa shape index (κ2) is 9.31. The first-order valence-corrected chi connectivity index (χ1v) is 9.83. The smallest absolute Gasteiger partial charge is 0.274 e. The monoisotopic (exact) mass is 365 g/mol. The number of hydrogen-bond donors (Lipinski definition) is 2. The van der Waals surface area contributed by atoms with Crippen LogP contribution in [0.2, 0.25) is 0 Å². The summed E-state index contributed by atoms with van der Waals surface area (Å²) < 4.78 is 0. The highest BCUT2D eigenvalue weighted by atomic mass is 16.2. The summed E-state index contributed by atoms with van der Waals surface area (Å²) in [7, 11) is 0. The van der Waals surface area contributed by atoms with Crippen molar-refractivity contribution in [3.63, 3.8) is 0 Å². The van der Waals surface area contributed by atoms with Crippen LogP contribution in [0.4, 0.5) is 5.69 Å². The van der Waals surface area contributed by atoms with E-state index in [1.807, 2.05) is 24.3 Å². The minimum Gasteiger partial charge on any atom is -0.349 e. The zero-order valence-electron chi connectivity index (χ0n) is 15.8. The van der Waals surface area contributed by atoms with Crippen molar-refractivity contribution in [1.29, 1.82) is 0 Å². The van der Waals surface area contributed by atoms with Crippen molar-refractivity contribution < 1.29 is 9.59 Å². The van der Waals surface area contributed by atoms with Crippen molar-refractivity contribution in [3.05, 3.63) is 59.4 Å². The van der Waals surface area contributed by atoms with E-state index in [1.165, 1.54) is 24.6 Å². The zero-order valence-corrected chi connectivity index (χ0v) is 15.8. The van der Waals surface area contributed by atoms with E-state index in [1.54, 1.807) is 12.1 Å². The Morgan fingerprint density at radius 3 is 2.37 bits per heavy atom. The van der Waals surface area contributed by atoms with Gasteiger partial charge in [0.1, 0.15) is 5.69 Å². The first-order chi connectivity index (χ1) is 13.2. The lowest BCUT2D eigenvalue weighted by molar-refractivity contribution is 0.0933. The highest BCUT2D eigenvalue weighted by Gasteiger charge is 2.17. The second-order valence-electron chi connectivity index (χ2n) is 7.10. The maximum absolute atomic E-state index is 12.6. The van der Waals surface area contributed by atoms with Gasteiger partial charge < -0.3 is 10.6 Å². The summed E-state index contributed by atoms with van der Waals surface area (Å²) in [5.41, 5.74) is 2.64. The summed E-state index contributed by atoms with van der Waals surface area (Å²) in [5, 5.41) is 5.94. The van der Waals surface area contributed by atoms with Crippen LogP contribution in [0.25, 0.3) is 0 Å². The molecule has 27 heavy (non-hydrogen) atoms. The number of hydrogen-bond acceptors (Lipinski definition) is 3. The fraction of sp³-hybridized carbons (Fsp3) is 0.409. The SMILES string of the molecule is CCc1ccc(NC(=O)c2cc(C(=O)NC3CCCCCC3)ccn2)cc1. The van der Waals surface area contributed by atoms with Crippen LogP contribution >= 0.6 is 0 Å². The summed E-state index contributed by atoms with van der Waals surface area (Å²) in [6.45, 7) is 2.09. The molecule has 0 unspecified atom stereocenters. The third-order valence-electron chi connectivity index (χ3n) is 5.07. The van der Waals surface area contributed by atoms with Crippen LogP contribution in [0.15, 0.2) is 42.6 Å². The van der Waals surface area contributed by atoms with Gasteiger partial charge in [-0.2, -0.15) is 0 Å². The van der Waals surface area contributed by atoms with Gasteiger partial charge in [-0.15, -0.1) is 0 Å². The largest absolute Gasteiger partial charge is 0.349 e. The maximum Gasteiger partial charge on any atom is 0.274 e. The standard InChI is InChI=1S/C22H27N3O2/c1-2-16-9-11-19(12-10-16)25-22(27)20-15-17(13-14-23-20)21(26)24-18-7-5-3-4-6-8-18/h9-15,18H,2-8H2,1H3,(H,24,26)(H,25,27). The Bertz CT molecular complexity index is 778. The van der Waals surface area contributed by atoms with Gasteiger partial charge in [0.25, 0.3) is 11.8 Å². The summed E-state index contributed by atoms with van der Waals surface area (Å²) in [4.78, 5) is 29.2. The molecule has 2 amide bonds. The van der Waals surface area contributed by atoms with E-state index in [-0.39, 0.29) is 23.6 Å². The van der Waals surface area contributed by atoms with Crippen molar-refractivity contribution in [2.24, 2.45) is 0 Å². The molecule has 0 aliphatic heterocycles. The molecule has 1 aliphatic carbocycles. The molecule has 0 bridgehead atoms. The Labute approximate surface area is 160 Å². The maximum atomic E-state index is 12.6. The number of aromatic nitrogens is 1. The molecule has 5 nitrogen and oxygen atoms in total. The van der Waals surface area contributed by atoms with Gasteiger partial charge >= 0.3 is 0 Å². The molecule has 0 saturated heterocycles. The lowest BCUT2D eigenvalue weighted by Crippen LogP contribution is -2.34. The van der Waals surface area contributed by atoms with E-state index >= 15 is 0 Å². The number of nitrogens with one attached hydrogen (secondary N) is 2. The lowest BCUT2D eigenvalue weighted by Gasteiger charge is -2.16. The fourth-order valence-corrected chi connectivity index (χ4v) is 3.41. The normalized spacial score (nSPS) is 15.0. The van der Waals surface area contributed by atoms with Gasteiger partial charge in [-0.05, 0) is 49.1 Å². The second-order valence-corrected chi connectivity index (χ2v) is 7.10. The van der Waals surface area contributed by atoms with Crippen molar-refractivity contribution in [3.8, 4) is 0 Å². The van der Waals surface area contributed by atoms with Gasteiger partial charge in [-0.1, -0.05) is 44.7 Å². The molecular formula is C22H27N3O2. The number of pyridine rings is 1. The Kier molecular flexibility index (Phi) is 6.58. The number of anilines is 1. The van der Waals surface area contributed by atoms with Crippen LogP contribution in [0, 0.1) is 0 Å². The molecule has 2 N–H and O–H groups in total. The highest BCUT2D eigenvalue weighted by molar-refractivity contribution is 6.04. The third kappa shape index (κ3) is 5.39. The van der Waals surface area contributed by atoms with Gasteiger partial charge in [0.2, 0.25) is 0 Å². The molecule has 1 fully saturated rings.